The molecular weight excluding hydrogens is 324 g/mol. The van der Waals surface area contributed by atoms with E-state index in [2.05, 4.69) is 4.74 Å². The van der Waals surface area contributed by atoms with E-state index in [1.165, 1.54) is 24.8 Å². The molecule has 0 aliphatic carbocycles. The maximum absolute atomic E-state index is 12.8. The topological polar surface area (TPSA) is 89.8 Å². The van der Waals surface area contributed by atoms with Crippen molar-refractivity contribution in [3.63, 3.8) is 0 Å². The van der Waals surface area contributed by atoms with E-state index in [4.69, 9.17) is 0 Å². The highest BCUT2D eigenvalue weighted by molar-refractivity contribution is 5.99. The first-order valence-electron chi connectivity index (χ1n) is 7.73. The maximum atomic E-state index is 12.8. The number of hydrogen-bond acceptors (Lipinski definition) is 5. The average molecular weight is 340 g/mol. The second kappa shape index (κ2) is 6.72. The monoisotopic (exact) mass is 340 g/mol. The number of esters is 1. The fourth-order valence-electron chi connectivity index (χ4n) is 2.93. The number of hydrogen-bond donors (Lipinski definition) is 0. The number of nitrogens with zero attached hydrogens (tertiary/aromatic N) is 2. The summed E-state index contributed by atoms with van der Waals surface area (Å²) < 4.78 is 4.61. The highest BCUT2D eigenvalue weighted by Gasteiger charge is 2.24. The summed E-state index contributed by atoms with van der Waals surface area (Å²) >= 11 is 0. The third kappa shape index (κ3) is 3.35. The minimum absolute atomic E-state index is 0.0162. The van der Waals surface area contributed by atoms with Crippen LogP contribution in [0.2, 0.25) is 0 Å². The molecule has 7 nitrogen and oxygen atoms in total. The van der Waals surface area contributed by atoms with E-state index >= 15 is 0 Å². The first-order chi connectivity index (χ1) is 12.0. The summed E-state index contributed by atoms with van der Waals surface area (Å²) in [5.74, 6) is -1.06. The van der Waals surface area contributed by atoms with Crippen LogP contribution < -0.4 is 0 Å². The van der Waals surface area contributed by atoms with E-state index < -0.39 is 10.9 Å². The minimum Gasteiger partial charge on any atom is -0.465 e. The molecule has 0 radical (unpaired) electrons. The Kier molecular flexibility index (Phi) is 4.47. The molecule has 0 atom stereocenters. The van der Waals surface area contributed by atoms with Crippen molar-refractivity contribution < 1.29 is 19.2 Å². The number of methoxy groups -OCH3 is 1. The molecule has 0 N–H and O–H groups in total. The van der Waals surface area contributed by atoms with Gasteiger partial charge in [0.2, 0.25) is 0 Å². The third-order valence-electron chi connectivity index (χ3n) is 4.21. The van der Waals surface area contributed by atoms with E-state index in [1.54, 1.807) is 4.90 Å². The first kappa shape index (κ1) is 16.6. The lowest BCUT2D eigenvalue weighted by molar-refractivity contribution is -0.384. The Labute approximate surface area is 144 Å². The highest BCUT2D eigenvalue weighted by Crippen LogP contribution is 2.23. The van der Waals surface area contributed by atoms with Gasteiger partial charge in [0.05, 0.1) is 17.6 Å². The molecule has 0 spiro atoms. The molecule has 0 saturated heterocycles. The minimum atomic E-state index is -0.721. The molecule has 1 amide bonds. The van der Waals surface area contributed by atoms with Gasteiger partial charge in [0.1, 0.15) is 0 Å². The van der Waals surface area contributed by atoms with Crippen molar-refractivity contribution in [1.82, 2.24) is 4.90 Å². The largest absolute Gasteiger partial charge is 0.465 e. The molecule has 0 aromatic heterocycles. The predicted octanol–water partition coefficient (Wildman–Crippen LogP) is 2.58. The van der Waals surface area contributed by atoms with Crippen LogP contribution in [-0.4, -0.2) is 35.4 Å². The van der Waals surface area contributed by atoms with Gasteiger partial charge in [-0.1, -0.05) is 24.3 Å². The fourth-order valence-corrected chi connectivity index (χ4v) is 2.93. The van der Waals surface area contributed by atoms with Crippen molar-refractivity contribution in [3.8, 4) is 0 Å². The molecule has 2 aromatic rings. The van der Waals surface area contributed by atoms with Crippen molar-refractivity contribution in [2.24, 2.45) is 0 Å². The Morgan fingerprint density at radius 2 is 1.80 bits per heavy atom. The van der Waals surface area contributed by atoms with Gasteiger partial charge in [-0.25, -0.2) is 4.79 Å². The van der Waals surface area contributed by atoms with Crippen molar-refractivity contribution >= 4 is 17.6 Å². The second-order valence-electron chi connectivity index (χ2n) is 5.76. The Morgan fingerprint density at radius 3 is 2.48 bits per heavy atom. The first-order valence-corrected chi connectivity index (χ1v) is 7.73. The summed E-state index contributed by atoms with van der Waals surface area (Å²) in [5, 5.41) is 11.1. The molecule has 7 heteroatoms. The predicted molar refractivity (Wildman–Crippen MR) is 89.3 cm³/mol. The van der Waals surface area contributed by atoms with Crippen LogP contribution >= 0.6 is 0 Å². The number of carbonyl (C=O) groups excluding carboxylic acids is 2. The number of benzene rings is 2. The standard InChI is InChI=1S/C18H16N2O5/c1-25-18(22)15-8-14(9-16(10-15)20(23)24)17(21)19-7-6-12-4-2-3-5-13(12)11-19/h2-5,8-10H,6-7,11H2,1H3. The summed E-state index contributed by atoms with van der Waals surface area (Å²) in [6, 6.07) is 11.5. The number of ether oxygens (including phenoxy) is 1. The number of amides is 1. The zero-order valence-corrected chi connectivity index (χ0v) is 13.6. The smallest absolute Gasteiger partial charge is 0.338 e. The van der Waals surface area contributed by atoms with Gasteiger partial charge in [-0.3, -0.25) is 14.9 Å². The lowest BCUT2D eigenvalue weighted by atomic mass is 9.99. The van der Waals surface area contributed by atoms with Gasteiger partial charge in [0, 0.05) is 30.8 Å². The van der Waals surface area contributed by atoms with Crippen molar-refractivity contribution in [2.45, 2.75) is 13.0 Å². The molecular formula is C18H16N2O5. The molecule has 3 rings (SSSR count). The van der Waals surface area contributed by atoms with Gasteiger partial charge < -0.3 is 9.64 Å². The Bertz CT molecular complexity index is 862. The number of nitro benzene ring substituents is 1. The lowest BCUT2D eigenvalue weighted by Crippen LogP contribution is -2.36. The Morgan fingerprint density at radius 1 is 1.12 bits per heavy atom. The molecule has 1 aliphatic heterocycles. The SMILES string of the molecule is COC(=O)c1cc(C(=O)N2CCc3ccccc3C2)cc([N+](=O)[O-])c1. The zero-order chi connectivity index (χ0) is 18.0. The van der Waals surface area contributed by atoms with Crippen LogP contribution in [-0.2, 0) is 17.7 Å². The second-order valence-corrected chi connectivity index (χ2v) is 5.76. The normalized spacial score (nSPS) is 13.1. The molecule has 1 heterocycles. The Hall–Kier alpha value is -3.22. The van der Waals surface area contributed by atoms with Crippen LogP contribution in [0.5, 0.6) is 0 Å². The van der Waals surface area contributed by atoms with Gasteiger partial charge in [0.25, 0.3) is 11.6 Å². The third-order valence-corrected chi connectivity index (χ3v) is 4.21. The van der Waals surface area contributed by atoms with Crippen LogP contribution in [0.4, 0.5) is 5.69 Å². The van der Waals surface area contributed by atoms with E-state index in [9.17, 15) is 19.7 Å². The number of rotatable bonds is 3. The molecule has 0 saturated carbocycles. The number of fused-ring (bicyclic) bond motifs is 1. The van der Waals surface area contributed by atoms with Crippen molar-refractivity contribution in [2.75, 3.05) is 13.7 Å². The number of non-ortho nitro benzene ring substituents is 1. The molecule has 128 valence electrons. The Balaban J connectivity index is 1.93. The van der Waals surface area contributed by atoms with Crippen molar-refractivity contribution in [1.29, 1.82) is 0 Å². The molecule has 25 heavy (non-hydrogen) atoms. The van der Waals surface area contributed by atoms with Crippen LogP contribution in [0.1, 0.15) is 31.8 Å². The molecule has 2 aromatic carbocycles. The van der Waals surface area contributed by atoms with E-state index in [0.717, 1.165) is 18.1 Å². The number of carbonyl (C=O) groups is 2. The van der Waals surface area contributed by atoms with Gasteiger partial charge >= 0.3 is 5.97 Å². The molecule has 0 unspecified atom stereocenters. The lowest BCUT2D eigenvalue weighted by Gasteiger charge is -2.29. The van der Waals surface area contributed by atoms with Gasteiger partial charge in [-0.15, -0.1) is 0 Å². The highest BCUT2D eigenvalue weighted by atomic mass is 16.6. The molecule has 0 bridgehead atoms. The van der Waals surface area contributed by atoms with Crippen LogP contribution in [0.25, 0.3) is 0 Å². The van der Waals surface area contributed by atoms with Gasteiger partial charge in [-0.2, -0.15) is 0 Å². The quantitative estimate of drug-likeness (QED) is 0.487. The van der Waals surface area contributed by atoms with Gasteiger partial charge in [0.15, 0.2) is 0 Å². The zero-order valence-electron chi connectivity index (χ0n) is 13.6. The summed E-state index contributed by atoms with van der Waals surface area (Å²) in [6.07, 6.45) is 0.723. The summed E-state index contributed by atoms with van der Waals surface area (Å²) in [6.45, 7) is 0.956. The maximum Gasteiger partial charge on any atom is 0.338 e. The summed E-state index contributed by atoms with van der Waals surface area (Å²) in [7, 11) is 1.18. The van der Waals surface area contributed by atoms with Gasteiger partial charge in [-0.05, 0) is 23.6 Å². The number of nitro groups is 1. The molecule has 0 fully saturated rings. The summed E-state index contributed by atoms with van der Waals surface area (Å²) in [4.78, 5) is 36.6. The van der Waals surface area contributed by atoms with Crippen LogP contribution in [0.15, 0.2) is 42.5 Å². The van der Waals surface area contributed by atoms with Crippen LogP contribution in [0, 0.1) is 10.1 Å². The van der Waals surface area contributed by atoms with Crippen LogP contribution in [0.3, 0.4) is 0 Å². The molecule has 1 aliphatic rings. The van der Waals surface area contributed by atoms with E-state index in [-0.39, 0.29) is 22.7 Å². The van der Waals surface area contributed by atoms with E-state index in [1.807, 2.05) is 24.3 Å². The average Bonchev–Trinajstić information content (AvgIpc) is 2.65. The van der Waals surface area contributed by atoms with E-state index in [0.29, 0.717) is 13.1 Å². The summed E-state index contributed by atoms with van der Waals surface area (Å²) in [5.41, 5.74) is 2.02. The van der Waals surface area contributed by atoms with Crippen molar-refractivity contribution in [3.05, 3.63) is 74.8 Å². The fraction of sp³-hybridized carbons (Fsp3) is 0.222.